The summed E-state index contributed by atoms with van der Waals surface area (Å²) in [6, 6.07) is 13.9. The van der Waals surface area contributed by atoms with Crippen LogP contribution >= 0.6 is 0 Å². The highest BCUT2D eigenvalue weighted by atomic mass is 16.4. The Kier molecular flexibility index (Phi) is 3.40. The Hall–Kier alpha value is -3.80. The Morgan fingerprint density at radius 3 is 2.00 bits per heavy atom. The Balaban J connectivity index is 1.89. The molecule has 126 valence electrons. The molecule has 3 aromatic rings. The number of nitrogens with one attached hydrogen (secondary N) is 1. The molecule has 0 amide bonds. The van der Waals surface area contributed by atoms with Gasteiger partial charge in [0.2, 0.25) is 0 Å². The molecule has 2 aromatic carbocycles. The topological polar surface area (TPSA) is 100 Å². The molecule has 4 rings (SSSR count). The first-order valence-corrected chi connectivity index (χ1v) is 7.81. The maximum atomic E-state index is 12.8. The maximum absolute atomic E-state index is 12.8. The summed E-state index contributed by atoms with van der Waals surface area (Å²) in [5.41, 5.74) is 1.79. The number of fused-ring (bicyclic) bond motifs is 2. The zero-order chi connectivity index (χ0) is 18.4. The normalized spacial score (nSPS) is 12.5. The lowest BCUT2D eigenvalue weighted by Crippen LogP contribution is -2.27. The average molecular weight is 344 g/mol. The van der Waals surface area contributed by atoms with E-state index in [0.717, 1.165) is 0 Å². The van der Waals surface area contributed by atoms with E-state index in [2.05, 4.69) is 0 Å². The van der Waals surface area contributed by atoms with Crippen LogP contribution in [0.1, 0.15) is 42.2 Å². The summed E-state index contributed by atoms with van der Waals surface area (Å²) in [4.78, 5) is 36.4. The molecular formula is C20H12N2O4. The fourth-order valence-corrected chi connectivity index (χ4v) is 3.07. The van der Waals surface area contributed by atoms with Gasteiger partial charge in [-0.3, -0.25) is 15.0 Å². The standard InChI is InChI=1S/C20H12N2O4/c21-17-9-15-16(19(24)14-4-2-1-3-13(14)18(15)23)10-22(17)12-7-5-11(6-8-12)20(25)26/h1-10,21H,(H,25,26). The van der Waals surface area contributed by atoms with E-state index in [1.807, 2.05) is 0 Å². The molecule has 1 aromatic heterocycles. The van der Waals surface area contributed by atoms with Gasteiger partial charge < -0.3 is 9.67 Å². The first-order valence-electron chi connectivity index (χ1n) is 7.81. The number of carboxylic acid groups (broad SMARTS) is 1. The summed E-state index contributed by atoms with van der Waals surface area (Å²) in [5.74, 6) is -1.60. The van der Waals surface area contributed by atoms with Gasteiger partial charge >= 0.3 is 5.97 Å². The molecule has 0 saturated heterocycles. The van der Waals surface area contributed by atoms with E-state index in [4.69, 9.17) is 10.5 Å². The summed E-state index contributed by atoms with van der Waals surface area (Å²) in [7, 11) is 0. The number of carbonyl (C=O) groups excluding carboxylic acids is 2. The molecule has 0 bridgehead atoms. The monoisotopic (exact) mass is 344 g/mol. The Morgan fingerprint density at radius 1 is 0.846 bits per heavy atom. The maximum Gasteiger partial charge on any atom is 0.335 e. The molecule has 0 fully saturated rings. The van der Waals surface area contributed by atoms with Crippen LogP contribution in [-0.2, 0) is 0 Å². The van der Waals surface area contributed by atoms with Gasteiger partial charge in [-0.05, 0) is 30.3 Å². The molecule has 0 aliphatic heterocycles. The molecule has 6 nitrogen and oxygen atoms in total. The number of pyridine rings is 1. The molecule has 0 unspecified atom stereocenters. The molecule has 0 spiro atoms. The highest BCUT2D eigenvalue weighted by molar-refractivity contribution is 6.28. The lowest BCUT2D eigenvalue weighted by atomic mass is 9.85. The summed E-state index contributed by atoms with van der Waals surface area (Å²) < 4.78 is 1.45. The first kappa shape index (κ1) is 15.7. The van der Waals surface area contributed by atoms with Crippen LogP contribution in [0.3, 0.4) is 0 Å². The van der Waals surface area contributed by atoms with Gasteiger partial charge in [0.15, 0.2) is 11.6 Å². The van der Waals surface area contributed by atoms with Crippen LogP contribution in [0.2, 0.25) is 0 Å². The number of hydrogen-bond donors (Lipinski definition) is 2. The zero-order valence-electron chi connectivity index (χ0n) is 13.4. The van der Waals surface area contributed by atoms with Crippen LogP contribution in [0, 0.1) is 5.41 Å². The van der Waals surface area contributed by atoms with Gasteiger partial charge in [-0.15, -0.1) is 0 Å². The molecule has 2 N–H and O–H groups in total. The molecule has 1 aliphatic carbocycles. The SMILES string of the molecule is N=c1cc2c(cn1-c1ccc(C(=O)O)cc1)C(=O)c1ccccc1C2=O. The minimum Gasteiger partial charge on any atom is -0.478 e. The van der Waals surface area contributed by atoms with Gasteiger partial charge in [-0.1, -0.05) is 24.3 Å². The van der Waals surface area contributed by atoms with E-state index >= 15 is 0 Å². The number of aromatic carboxylic acids is 1. The molecule has 1 heterocycles. The highest BCUT2D eigenvalue weighted by Gasteiger charge is 2.30. The van der Waals surface area contributed by atoms with Crippen molar-refractivity contribution in [2.75, 3.05) is 0 Å². The van der Waals surface area contributed by atoms with Crippen molar-refractivity contribution in [1.82, 2.24) is 4.57 Å². The number of ketones is 2. The minimum absolute atomic E-state index is 0.0207. The number of carboxylic acids is 1. The molecular weight excluding hydrogens is 332 g/mol. The van der Waals surface area contributed by atoms with E-state index in [0.29, 0.717) is 16.8 Å². The van der Waals surface area contributed by atoms with E-state index < -0.39 is 5.97 Å². The summed E-state index contributed by atoms with van der Waals surface area (Å²) >= 11 is 0. The predicted molar refractivity (Wildman–Crippen MR) is 91.9 cm³/mol. The van der Waals surface area contributed by atoms with Gasteiger partial charge in [-0.25, -0.2) is 4.79 Å². The number of benzene rings is 2. The van der Waals surface area contributed by atoms with Crippen molar-refractivity contribution in [3.05, 3.63) is 94.1 Å². The Bertz CT molecular complexity index is 1160. The summed E-state index contributed by atoms with van der Waals surface area (Å²) in [6.07, 6.45) is 1.46. The third kappa shape index (κ3) is 2.28. The van der Waals surface area contributed by atoms with E-state index in [9.17, 15) is 14.4 Å². The second-order valence-corrected chi connectivity index (χ2v) is 5.91. The molecule has 1 aliphatic rings. The predicted octanol–water partition coefficient (Wildman–Crippen LogP) is 2.43. The van der Waals surface area contributed by atoms with Crippen LogP contribution in [0.25, 0.3) is 5.69 Å². The van der Waals surface area contributed by atoms with Crippen LogP contribution < -0.4 is 5.49 Å². The van der Waals surface area contributed by atoms with Crippen LogP contribution in [0.15, 0.2) is 60.8 Å². The minimum atomic E-state index is -1.05. The molecule has 0 radical (unpaired) electrons. The fourth-order valence-electron chi connectivity index (χ4n) is 3.07. The lowest BCUT2D eigenvalue weighted by Gasteiger charge is -2.19. The highest BCUT2D eigenvalue weighted by Crippen LogP contribution is 2.26. The van der Waals surface area contributed by atoms with Crippen molar-refractivity contribution in [3.8, 4) is 5.69 Å². The third-order valence-corrected chi connectivity index (χ3v) is 4.39. The van der Waals surface area contributed by atoms with Crippen molar-refractivity contribution in [2.24, 2.45) is 0 Å². The number of carbonyl (C=O) groups is 3. The molecule has 0 saturated carbocycles. The van der Waals surface area contributed by atoms with Gasteiger partial charge in [0.1, 0.15) is 5.49 Å². The third-order valence-electron chi connectivity index (χ3n) is 4.39. The van der Waals surface area contributed by atoms with Gasteiger partial charge in [-0.2, -0.15) is 0 Å². The van der Waals surface area contributed by atoms with Crippen LogP contribution in [0.4, 0.5) is 0 Å². The zero-order valence-corrected chi connectivity index (χ0v) is 13.4. The van der Waals surface area contributed by atoms with E-state index in [1.165, 1.54) is 29.0 Å². The number of nitrogens with zero attached hydrogens (tertiary/aromatic N) is 1. The quantitative estimate of drug-likeness (QED) is 0.583. The molecule has 0 atom stereocenters. The lowest BCUT2D eigenvalue weighted by molar-refractivity contribution is 0.0696. The average Bonchev–Trinajstić information content (AvgIpc) is 2.66. The van der Waals surface area contributed by atoms with Crippen molar-refractivity contribution in [1.29, 1.82) is 5.41 Å². The van der Waals surface area contributed by atoms with Gasteiger partial charge in [0.05, 0.1) is 11.1 Å². The van der Waals surface area contributed by atoms with Crippen LogP contribution in [-0.4, -0.2) is 27.2 Å². The van der Waals surface area contributed by atoms with Crippen molar-refractivity contribution in [2.45, 2.75) is 0 Å². The smallest absolute Gasteiger partial charge is 0.335 e. The van der Waals surface area contributed by atoms with Crippen molar-refractivity contribution >= 4 is 17.5 Å². The fraction of sp³-hybridized carbons (Fsp3) is 0. The first-order chi connectivity index (χ1) is 12.5. The second-order valence-electron chi connectivity index (χ2n) is 5.91. The number of hydrogen-bond acceptors (Lipinski definition) is 4. The molecule has 26 heavy (non-hydrogen) atoms. The van der Waals surface area contributed by atoms with Gasteiger partial charge in [0.25, 0.3) is 0 Å². The largest absolute Gasteiger partial charge is 0.478 e. The summed E-state index contributed by atoms with van der Waals surface area (Å²) in [5, 5.41) is 17.2. The van der Waals surface area contributed by atoms with E-state index in [1.54, 1.807) is 36.4 Å². The van der Waals surface area contributed by atoms with Crippen LogP contribution in [0.5, 0.6) is 0 Å². The Morgan fingerprint density at radius 2 is 1.42 bits per heavy atom. The number of rotatable bonds is 2. The van der Waals surface area contributed by atoms with Gasteiger partial charge in [0, 0.05) is 28.6 Å². The van der Waals surface area contributed by atoms with E-state index in [-0.39, 0.29) is 33.7 Å². The van der Waals surface area contributed by atoms with Crippen molar-refractivity contribution in [3.63, 3.8) is 0 Å². The number of aromatic nitrogens is 1. The second kappa shape index (κ2) is 5.63. The van der Waals surface area contributed by atoms with Crippen molar-refractivity contribution < 1.29 is 19.5 Å². The summed E-state index contributed by atoms with van der Waals surface area (Å²) in [6.45, 7) is 0. The Labute approximate surface area is 147 Å². The molecule has 6 heteroatoms.